The van der Waals surface area contributed by atoms with Gasteiger partial charge in [0, 0.05) is 11.3 Å². The van der Waals surface area contributed by atoms with Gasteiger partial charge in [-0.2, -0.15) is 25.7 Å². The second kappa shape index (κ2) is 21.5. The fraction of sp³-hybridized carbons (Fsp3) is 0.435. The van der Waals surface area contributed by atoms with Gasteiger partial charge < -0.3 is 30.9 Å². The Balaban J connectivity index is 0.000000232. The predicted octanol–water partition coefficient (Wildman–Crippen LogP) is 14.9. The third kappa shape index (κ3) is 12.2. The minimum Gasteiger partial charge on any atom is -0.438 e. The zero-order valence-corrected chi connectivity index (χ0v) is 35.9. The molecule has 2 saturated carbocycles. The average molecular weight is 795 g/mol. The fourth-order valence-corrected chi connectivity index (χ4v) is 10.2. The standard InChI is InChI=1S/2C23H30O2P.Fe/c2*1-17(2)20-13-7-9-15-22(20)24-26(19-11-5-6-12-19)25-23-16-10-8-14-21(23)18(3)4;/h2*5,7-10,13-19H,6,11-12H2,1-4H3;/q2*-1;+2. The van der Waals surface area contributed by atoms with Crippen molar-refractivity contribution in [3.8, 4) is 23.0 Å². The van der Waals surface area contributed by atoms with Gasteiger partial charge in [0.15, 0.2) is 0 Å². The van der Waals surface area contributed by atoms with E-state index >= 15 is 0 Å². The van der Waals surface area contributed by atoms with E-state index < -0.39 is 16.8 Å². The maximum atomic E-state index is 6.55. The third-order valence-corrected chi connectivity index (χ3v) is 13.4. The van der Waals surface area contributed by atoms with E-state index in [1.54, 1.807) is 0 Å². The molecule has 6 rings (SSSR count). The maximum absolute atomic E-state index is 6.55. The summed E-state index contributed by atoms with van der Waals surface area (Å²) in [7, 11) is -2.06. The van der Waals surface area contributed by atoms with Crippen LogP contribution in [0.2, 0.25) is 0 Å². The van der Waals surface area contributed by atoms with Gasteiger partial charge in [0.25, 0.3) is 16.8 Å². The molecule has 0 amide bonds. The number of rotatable bonds is 14. The summed E-state index contributed by atoms with van der Waals surface area (Å²) in [5.74, 6) is 5.62. The number of para-hydroxylation sites is 4. The summed E-state index contributed by atoms with van der Waals surface area (Å²) in [5.41, 5.74) is 5.94. The second-order valence-corrected chi connectivity index (χ2v) is 18.5. The summed E-state index contributed by atoms with van der Waals surface area (Å²) in [4.78, 5) is 0. The van der Waals surface area contributed by atoms with E-state index in [0.717, 1.165) is 61.5 Å². The Labute approximate surface area is 334 Å². The van der Waals surface area contributed by atoms with Crippen molar-refractivity contribution >= 4 is 16.8 Å². The fourth-order valence-electron chi connectivity index (χ4n) is 6.75. The van der Waals surface area contributed by atoms with Crippen molar-refractivity contribution in [2.45, 2.75) is 129 Å². The Kier molecular flexibility index (Phi) is 17.5. The molecule has 4 aromatic carbocycles. The molecule has 0 bridgehead atoms. The van der Waals surface area contributed by atoms with Crippen LogP contribution in [0.4, 0.5) is 0 Å². The van der Waals surface area contributed by atoms with E-state index in [9.17, 15) is 0 Å². The maximum Gasteiger partial charge on any atom is 2.00 e. The normalized spacial score (nSPS) is 16.9. The van der Waals surface area contributed by atoms with Gasteiger partial charge in [-0.05, 0) is 70.2 Å². The van der Waals surface area contributed by atoms with Crippen molar-refractivity contribution in [2.24, 2.45) is 0 Å². The SMILES string of the molecule is CC(C)c1ccccc1OP(Oc1ccccc1C(C)C)C1C[CH-]CC1.CC(C)c1ccccc1OP(Oc1ccccc1C(C)C)C1C[CH-]CC1.[Fe+2]. The molecule has 2 atom stereocenters. The van der Waals surface area contributed by atoms with Crippen LogP contribution in [0.15, 0.2) is 97.1 Å². The monoisotopic (exact) mass is 794 g/mol. The first kappa shape index (κ1) is 43.2. The van der Waals surface area contributed by atoms with Gasteiger partial charge in [-0.3, -0.25) is 0 Å². The Hall–Kier alpha value is -2.54. The molecule has 53 heavy (non-hydrogen) atoms. The molecule has 2 unspecified atom stereocenters. The zero-order chi connectivity index (χ0) is 37.0. The summed E-state index contributed by atoms with van der Waals surface area (Å²) < 4.78 is 26.2. The molecule has 7 heteroatoms. The molecule has 286 valence electrons. The van der Waals surface area contributed by atoms with Crippen molar-refractivity contribution < 1.29 is 35.2 Å². The summed E-state index contributed by atoms with van der Waals surface area (Å²) in [6.45, 7) is 17.7. The summed E-state index contributed by atoms with van der Waals surface area (Å²) in [6.07, 6.45) is 11.5. The molecular formula is C46H60FeO4P2. The largest absolute Gasteiger partial charge is 2.00 e. The van der Waals surface area contributed by atoms with Crippen molar-refractivity contribution in [2.75, 3.05) is 0 Å². The van der Waals surface area contributed by atoms with E-state index in [2.05, 4.69) is 165 Å². The van der Waals surface area contributed by atoms with Crippen molar-refractivity contribution in [1.82, 2.24) is 0 Å². The van der Waals surface area contributed by atoms with Gasteiger partial charge in [0.05, 0.1) is 0 Å². The Morgan fingerprint density at radius 2 is 0.679 bits per heavy atom. The number of benzene rings is 4. The zero-order valence-electron chi connectivity index (χ0n) is 33.0. The van der Waals surface area contributed by atoms with E-state index in [1.807, 2.05) is 0 Å². The van der Waals surface area contributed by atoms with E-state index in [-0.39, 0.29) is 17.1 Å². The van der Waals surface area contributed by atoms with Gasteiger partial charge in [-0.15, -0.1) is 0 Å². The smallest absolute Gasteiger partial charge is 0.438 e. The van der Waals surface area contributed by atoms with E-state index in [4.69, 9.17) is 18.1 Å². The first-order chi connectivity index (χ1) is 25.1. The molecule has 0 spiro atoms. The molecule has 4 aromatic rings. The molecule has 2 aliphatic rings. The van der Waals surface area contributed by atoms with Crippen molar-refractivity contribution in [3.63, 3.8) is 0 Å². The molecule has 2 fully saturated rings. The topological polar surface area (TPSA) is 36.9 Å². The quantitative estimate of drug-likeness (QED) is 0.0724. The third-order valence-electron chi connectivity index (χ3n) is 9.80. The van der Waals surface area contributed by atoms with Gasteiger partial charge >= 0.3 is 17.1 Å². The van der Waals surface area contributed by atoms with Gasteiger partial charge in [-0.1, -0.05) is 141 Å². The van der Waals surface area contributed by atoms with Crippen LogP contribution in [-0.4, -0.2) is 11.3 Å². The van der Waals surface area contributed by atoms with Crippen LogP contribution in [0.3, 0.4) is 0 Å². The molecule has 0 N–H and O–H groups in total. The average Bonchev–Trinajstić information content (AvgIpc) is 3.88. The Bertz CT molecular complexity index is 1430. The molecule has 0 heterocycles. The van der Waals surface area contributed by atoms with Crippen LogP contribution in [-0.2, 0) is 17.1 Å². The van der Waals surface area contributed by atoms with Crippen LogP contribution in [0, 0.1) is 12.8 Å². The molecular weight excluding hydrogens is 734 g/mol. The van der Waals surface area contributed by atoms with E-state index in [0.29, 0.717) is 35.0 Å². The van der Waals surface area contributed by atoms with Crippen molar-refractivity contribution in [3.05, 3.63) is 132 Å². The van der Waals surface area contributed by atoms with Crippen LogP contribution < -0.4 is 18.1 Å². The van der Waals surface area contributed by atoms with Gasteiger partial charge in [0.2, 0.25) is 0 Å². The molecule has 0 saturated heterocycles. The second-order valence-electron chi connectivity index (χ2n) is 15.2. The van der Waals surface area contributed by atoms with Gasteiger partial charge in [0.1, 0.15) is 23.0 Å². The van der Waals surface area contributed by atoms with Crippen molar-refractivity contribution in [1.29, 1.82) is 0 Å². The molecule has 0 radical (unpaired) electrons. The first-order valence-corrected chi connectivity index (χ1v) is 21.9. The summed E-state index contributed by atoms with van der Waals surface area (Å²) in [6, 6.07) is 33.5. The molecule has 0 aromatic heterocycles. The number of hydrogen-bond donors (Lipinski definition) is 0. The summed E-state index contributed by atoms with van der Waals surface area (Å²) >= 11 is 0. The molecule has 4 nitrogen and oxygen atoms in total. The van der Waals surface area contributed by atoms with Gasteiger partial charge in [-0.25, -0.2) is 0 Å². The Morgan fingerprint density at radius 1 is 0.434 bits per heavy atom. The minimum absolute atomic E-state index is 0. The predicted molar refractivity (Wildman–Crippen MR) is 222 cm³/mol. The first-order valence-electron chi connectivity index (χ1n) is 19.4. The molecule has 0 aliphatic heterocycles. The minimum atomic E-state index is -1.03. The summed E-state index contributed by atoms with van der Waals surface area (Å²) in [5, 5.41) is 0. The van der Waals surface area contributed by atoms with E-state index in [1.165, 1.54) is 22.3 Å². The molecule has 2 aliphatic carbocycles. The van der Waals surface area contributed by atoms with Crippen LogP contribution in [0.5, 0.6) is 23.0 Å². The Morgan fingerprint density at radius 3 is 0.887 bits per heavy atom. The van der Waals surface area contributed by atoms with Crippen LogP contribution >= 0.6 is 16.8 Å². The van der Waals surface area contributed by atoms with Crippen LogP contribution in [0.1, 0.15) is 140 Å². The number of hydrogen-bond acceptors (Lipinski definition) is 4. The van der Waals surface area contributed by atoms with Crippen LogP contribution in [0.25, 0.3) is 0 Å².